The fraction of sp³-hybridized carbons (Fsp3) is 0.320. The van der Waals surface area contributed by atoms with Crippen LogP contribution in [0.5, 0.6) is 0 Å². The molecule has 0 bridgehead atoms. The van der Waals surface area contributed by atoms with Gasteiger partial charge in [0, 0.05) is 19.0 Å². The van der Waals surface area contributed by atoms with Crippen molar-refractivity contribution in [2.24, 2.45) is 5.92 Å². The molecule has 0 saturated carbocycles. The van der Waals surface area contributed by atoms with Crippen molar-refractivity contribution >= 4 is 26.7 Å². The van der Waals surface area contributed by atoms with E-state index in [1.165, 1.54) is 10.4 Å². The third kappa shape index (κ3) is 5.10. The van der Waals surface area contributed by atoms with Crippen LogP contribution in [0.1, 0.15) is 36.9 Å². The maximum absolute atomic E-state index is 13.1. The lowest BCUT2D eigenvalue weighted by atomic mass is 9.96. The fourth-order valence-electron chi connectivity index (χ4n) is 4.23. The van der Waals surface area contributed by atoms with Crippen LogP contribution in [0.2, 0.25) is 0 Å². The number of carbonyl (C=O) groups excluding carboxylic acids is 1. The number of halogens is 3. The first-order valence-electron chi connectivity index (χ1n) is 11.0. The summed E-state index contributed by atoms with van der Waals surface area (Å²) in [6.45, 7) is 2.03. The van der Waals surface area contributed by atoms with Gasteiger partial charge >= 0.3 is 6.18 Å². The molecule has 1 saturated heterocycles. The van der Waals surface area contributed by atoms with Crippen molar-refractivity contribution in [1.82, 2.24) is 9.62 Å². The molecule has 0 spiro atoms. The molecule has 1 heterocycles. The van der Waals surface area contributed by atoms with Gasteiger partial charge in [0.2, 0.25) is 15.9 Å². The number of sulfonamides is 1. The lowest BCUT2D eigenvalue weighted by molar-refractivity contribution is -0.137. The average Bonchev–Trinajstić information content (AvgIpc) is 2.83. The highest BCUT2D eigenvalue weighted by Gasteiger charge is 2.33. The van der Waals surface area contributed by atoms with Crippen LogP contribution in [0, 0.1) is 5.92 Å². The normalized spacial score (nSPS) is 16.9. The first-order chi connectivity index (χ1) is 16.1. The van der Waals surface area contributed by atoms with Gasteiger partial charge in [-0.25, -0.2) is 8.42 Å². The van der Waals surface area contributed by atoms with Crippen LogP contribution < -0.4 is 5.32 Å². The van der Waals surface area contributed by atoms with E-state index in [0.29, 0.717) is 18.4 Å². The van der Waals surface area contributed by atoms with E-state index in [4.69, 9.17) is 0 Å². The summed E-state index contributed by atoms with van der Waals surface area (Å²) in [5.74, 6) is -0.691. The summed E-state index contributed by atoms with van der Waals surface area (Å²) in [7, 11) is -3.69. The Hall–Kier alpha value is -2.91. The molecule has 180 valence electrons. The molecule has 4 rings (SSSR count). The number of hydrogen-bond donors (Lipinski definition) is 1. The Balaban J connectivity index is 1.38. The zero-order valence-corrected chi connectivity index (χ0v) is 19.4. The molecule has 5 nitrogen and oxygen atoms in total. The number of benzene rings is 3. The molecule has 1 fully saturated rings. The second kappa shape index (κ2) is 9.38. The number of fused-ring (bicyclic) bond motifs is 1. The Morgan fingerprint density at radius 3 is 2.32 bits per heavy atom. The van der Waals surface area contributed by atoms with Gasteiger partial charge in [-0.3, -0.25) is 4.79 Å². The number of piperidine rings is 1. The van der Waals surface area contributed by atoms with E-state index < -0.39 is 33.7 Å². The van der Waals surface area contributed by atoms with E-state index >= 15 is 0 Å². The molecule has 0 unspecified atom stereocenters. The van der Waals surface area contributed by atoms with Crippen LogP contribution in [-0.4, -0.2) is 31.7 Å². The van der Waals surface area contributed by atoms with Crippen molar-refractivity contribution in [1.29, 1.82) is 0 Å². The molecule has 0 aromatic heterocycles. The van der Waals surface area contributed by atoms with Gasteiger partial charge in [0.25, 0.3) is 0 Å². The van der Waals surface area contributed by atoms with Crippen LogP contribution in [0.3, 0.4) is 0 Å². The number of hydrogen-bond acceptors (Lipinski definition) is 3. The van der Waals surface area contributed by atoms with Gasteiger partial charge in [-0.05, 0) is 60.4 Å². The second-order valence-electron chi connectivity index (χ2n) is 8.54. The molecule has 9 heteroatoms. The minimum atomic E-state index is -4.46. The van der Waals surface area contributed by atoms with Crippen molar-refractivity contribution in [3.8, 4) is 0 Å². The second-order valence-corrected chi connectivity index (χ2v) is 10.5. The summed E-state index contributed by atoms with van der Waals surface area (Å²) in [6, 6.07) is 16.8. The molecule has 1 aliphatic heterocycles. The molecule has 1 aliphatic rings. The molecular weight excluding hydrogens is 465 g/mol. The minimum absolute atomic E-state index is 0.200. The van der Waals surface area contributed by atoms with Crippen molar-refractivity contribution in [3.05, 3.63) is 77.9 Å². The third-order valence-electron chi connectivity index (χ3n) is 6.26. The van der Waals surface area contributed by atoms with E-state index in [1.807, 2.05) is 24.3 Å². The van der Waals surface area contributed by atoms with Gasteiger partial charge in [0.1, 0.15) is 0 Å². The molecule has 1 atom stereocenters. The highest BCUT2D eigenvalue weighted by atomic mass is 32.2. The zero-order valence-electron chi connectivity index (χ0n) is 18.5. The Bertz CT molecular complexity index is 1300. The standard InChI is InChI=1S/C25H25F3N2O3S/c1-17(20-7-4-8-22(15-20)25(26,27)28)29-24(31)19-11-13-30(14-12-19)34(32,33)23-10-9-18-5-2-3-6-21(18)16-23/h2-10,15-17,19H,11-14H2,1H3,(H,29,31)/t17-/m0/s1. The quantitative estimate of drug-likeness (QED) is 0.539. The summed E-state index contributed by atoms with van der Waals surface area (Å²) in [6.07, 6.45) is -3.77. The van der Waals surface area contributed by atoms with Gasteiger partial charge in [-0.2, -0.15) is 17.5 Å². The first-order valence-corrected chi connectivity index (χ1v) is 12.5. The highest BCUT2D eigenvalue weighted by molar-refractivity contribution is 7.89. The smallest absolute Gasteiger partial charge is 0.349 e. The van der Waals surface area contributed by atoms with Gasteiger partial charge in [0.05, 0.1) is 16.5 Å². The van der Waals surface area contributed by atoms with Crippen LogP contribution >= 0.6 is 0 Å². The maximum atomic E-state index is 13.1. The minimum Gasteiger partial charge on any atom is -0.349 e. The van der Waals surface area contributed by atoms with Crippen molar-refractivity contribution in [2.75, 3.05) is 13.1 Å². The Kier molecular flexibility index (Phi) is 6.69. The van der Waals surface area contributed by atoms with E-state index in [0.717, 1.165) is 22.9 Å². The number of carbonyl (C=O) groups is 1. The van der Waals surface area contributed by atoms with Gasteiger partial charge in [-0.15, -0.1) is 0 Å². The fourth-order valence-corrected chi connectivity index (χ4v) is 5.74. The predicted octanol–water partition coefficient (Wildman–Crippen LogP) is 5.14. The summed E-state index contributed by atoms with van der Waals surface area (Å²) < 4.78 is 66.5. The van der Waals surface area contributed by atoms with E-state index in [-0.39, 0.29) is 23.9 Å². The number of rotatable bonds is 5. The maximum Gasteiger partial charge on any atom is 0.416 e. The van der Waals surface area contributed by atoms with E-state index in [2.05, 4.69) is 5.32 Å². The first kappa shape index (κ1) is 24.2. The van der Waals surface area contributed by atoms with Crippen LogP contribution in [0.25, 0.3) is 10.8 Å². The molecule has 0 radical (unpaired) electrons. The number of alkyl halides is 3. The summed E-state index contributed by atoms with van der Waals surface area (Å²) in [5.41, 5.74) is -0.405. The van der Waals surface area contributed by atoms with Crippen molar-refractivity contribution in [3.63, 3.8) is 0 Å². The number of nitrogens with zero attached hydrogens (tertiary/aromatic N) is 1. The topological polar surface area (TPSA) is 66.5 Å². The molecule has 3 aromatic rings. The monoisotopic (exact) mass is 490 g/mol. The highest BCUT2D eigenvalue weighted by Crippen LogP contribution is 2.31. The molecule has 3 aromatic carbocycles. The summed E-state index contributed by atoms with van der Waals surface area (Å²) >= 11 is 0. The van der Waals surface area contributed by atoms with Gasteiger partial charge < -0.3 is 5.32 Å². The van der Waals surface area contributed by atoms with Crippen molar-refractivity contribution in [2.45, 2.75) is 36.9 Å². The number of amides is 1. The molecule has 1 N–H and O–H groups in total. The van der Waals surface area contributed by atoms with E-state index in [9.17, 15) is 26.4 Å². The molecule has 34 heavy (non-hydrogen) atoms. The Labute approximate surface area is 196 Å². The predicted molar refractivity (Wildman–Crippen MR) is 123 cm³/mol. The van der Waals surface area contributed by atoms with Crippen LogP contribution in [-0.2, 0) is 21.0 Å². The molecule has 0 aliphatic carbocycles. The zero-order chi connectivity index (χ0) is 24.5. The lowest BCUT2D eigenvalue weighted by Crippen LogP contribution is -2.43. The van der Waals surface area contributed by atoms with Crippen LogP contribution in [0.4, 0.5) is 13.2 Å². The van der Waals surface area contributed by atoms with Gasteiger partial charge in [0.15, 0.2) is 0 Å². The van der Waals surface area contributed by atoms with Crippen LogP contribution in [0.15, 0.2) is 71.6 Å². The largest absolute Gasteiger partial charge is 0.416 e. The average molecular weight is 491 g/mol. The lowest BCUT2D eigenvalue weighted by Gasteiger charge is -2.31. The summed E-state index contributed by atoms with van der Waals surface area (Å²) in [4.78, 5) is 13.0. The molecular formula is C25H25F3N2O3S. The molecule has 1 amide bonds. The van der Waals surface area contributed by atoms with E-state index in [1.54, 1.807) is 31.2 Å². The number of nitrogens with one attached hydrogen (secondary N) is 1. The van der Waals surface area contributed by atoms with Gasteiger partial charge in [-0.1, -0.05) is 42.5 Å². The summed E-state index contributed by atoms with van der Waals surface area (Å²) in [5, 5.41) is 4.56. The SMILES string of the molecule is C[C@H](NC(=O)C1CCN(S(=O)(=O)c2ccc3ccccc3c2)CC1)c1cccc(C(F)(F)F)c1. The Morgan fingerprint density at radius 2 is 1.65 bits per heavy atom. The van der Waals surface area contributed by atoms with Crippen molar-refractivity contribution < 1.29 is 26.4 Å². The third-order valence-corrected chi connectivity index (χ3v) is 8.15. The Morgan fingerprint density at radius 1 is 0.971 bits per heavy atom.